The molecule has 0 aromatic heterocycles. The summed E-state index contributed by atoms with van der Waals surface area (Å²) in [6, 6.07) is -0.554. The molecule has 0 unspecified atom stereocenters. The van der Waals surface area contributed by atoms with Crippen LogP contribution in [0.1, 0.15) is 34.6 Å². The minimum Gasteiger partial charge on any atom is -0.444 e. The van der Waals surface area contributed by atoms with Gasteiger partial charge in [-0.1, -0.05) is 30.6 Å². The van der Waals surface area contributed by atoms with Crippen molar-refractivity contribution in [3.63, 3.8) is 0 Å². The lowest BCUT2D eigenvalue weighted by Crippen LogP contribution is -2.45. The number of nitrogens with zero attached hydrogens (tertiary/aromatic N) is 1. The average Bonchev–Trinajstić information content (AvgIpc) is 2.09. The Morgan fingerprint density at radius 1 is 1.44 bits per heavy atom. The lowest BCUT2D eigenvalue weighted by Gasteiger charge is -2.24. The van der Waals surface area contributed by atoms with E-state index < -0.39 is 17.7 Å². The molecule has 0 aliphatic rings. The lowest BCUT2D eigenvalue weighted by atomic mass is 10.1. The Bertz CT molecular complexity index is 272. The maximum Gasteiger partial charge on any atom is 0.408 e. The molecule has 0 radical (unpaired) electrons. The van der Waals surface area contributed by atoms with Crippen molar-refractivity contribution in [2.45, 2.75) is 46.3 Å². The molecule has 0 aromatic rings. The summed E-state index contributed by atoms with van der Waals surface area (Å²) in [7, 11) is 0. The molecular weight excluding hydrogens is 232 g/mol. The second kappa shape index (κ2) is 5.94. The van der Waals surface area contributed by atoms with Crippen LogP contribution in [0.3, 0.4) is 0 Å². The van der Waals surface area contributed by atoms with Gasteiger partial charge in [-0.15, -0.1) is 0 Å². The molecule has 94 valence electrons. The third-order valence-corrected chi connectivity index (χ3v) is 2.00. The van der Waals surface area contributed by atoms with E-state index >= 15 is 0 Å². The van der Waals surface area contributed by atoms with Crippen molar-refractivity contribution in [2.75, 3.05) is 0 Å². The van der Waals surface area contributed by atoms with Crippen LogP contribution < -0.4 is 5.32 Å². The van der Waals surface area contributed by atoms with E-state index in [0.29, 0.717) is 0 Å². The summed E-state index contributed by atoms with van der Waals surface area (Å²) in [6.07, 6.45) is -0.590. The molecule has 1 atom stereocenters. The Labute approximate surface area is 101 Å². The minimum absolute atomic E-state index is 0.00378. The average molecular weight is 251 g/mol. The number of ether oxygens (including phenoxy) is 1. The van der Waals surface area contributed by atoms with Gasteiger partial charge in [0.25, 0.3) is 0 Å². The van der Waals surface area contributed by atoms with Crippen LogP contribution in [0.5, 0.6) is 0 Å². The first kappa shape index (κ1) is 15.0. The van der Waals surface area contributed by atoms with Gasteiger partial charge in [-0.2, -0.15) is 0 Å². The van der Waals surface area contributed by atoms with Crippen LogP contribution in [0.4, 0.5) is 4.79 Å². The van der Waals surface area contributed by atoms with Crippen molar-refractivity contribution in [2.24, 2.45) is 11.1 Å². The highest BCUT2D eigenvalue weighted by Gasteiger charge is 2.24. The lowest BCUT2D eigenvalue weighted by molar-refractivity contribution is 0.0508. The van der Waals surface area contributed by atoms with Gasteiger partial charge in [0.15, 0.2) is 5.17 Å². The standard InChI is InChI=1S/C10H19ClN2O3/c1-6(2)7(8(11)13-15)12-9(14)16-10(3,4)5/h6-7,15H,1-5H3,(H,12,14)/b13-8-/t7-/m0/s1. The fraction of sp³-hybridized carbons (Fsp3) is 0.800. The van der Waals surface area contributed by atoms with E-state index in [1.165, 1.54) is 0 Å². The SMILES string of the molecule is CC(C)[C@H](NC(=O)OC(C)(C)C)/C(Cl)=N/O. The number of hydrogen-bond donors (Lipinski definition) is 2. The second-order valence-electron chi connectivity index (χ2n) is 4.79. The van der Waals surface area contributed by atoms with E-state index in [1.807, 2.05) is 13.8 Å². The van der Waals surface area contributed by atoms with Crippen LogP contribution in [0.25, 0.3) is 0 Å². The Morgan fingerprint density at radius 3 is 2.25 bits per heavy atom. The van der Waals surface area contributed by atoms with Gasteiger partial charge in [-0.3, -0.25) is 0 Å². The number of halogens is 1. The summed E-state index contributed by atoms with van der Waals surface area (Å²) >= 11 is 5.67. The molecule has 0 aliphatic heterocycles. The van der Waals surface area contributed by atoms with Crippen LogP contribution in [0.15, 0.2) is 5.16 Å². The Hall–Kier alpha value is -0.970. The summed E-state index contributed by atoms with van der Waals surface area (Å²) in [5.74, 6) is -0.00378. The number of amides is 1. The molecule has 0 rings (SSSR count). The minimum atomic E-state index is -0.590. The van der Waals surface area contributed by atoms with Crippen LogP contribution in [0.2, 0.25) is 0 Å². The first-order valence-electron chi connectivity index (χ1n) is 5.04. The smallest absolute Gasteiger partial charge is 0.408 e. The van der Waals surface area contributed by atoms with E-state index in [1.54, 1.807) is 20.8 Å². The van der Waals surface area contributed by atoms with Gasteiger partial charge in [0.05, 0.1) is 6.04 Å². The maximum absolute atomic E-state index is 11.5. The Balaban J connectivity index is 4.48. The van der Waals surface area contributed by atoms with Crippen molar-refractivity contribution in [1.29, 1.82) is 0 Å². The van der Waals surface area contributed by atoms with E-state index in [4.69, 9.17) is 21.5 Å². The molecule has 1 amide bonds. The van der Waals surface area contributed by atoms with Gasteiger partial charge in [0.1, 0.15) is 5.60 Å². The zero-order chi connectivity index (χ0) is 12.9. The molecule has 16 heavy (non-hydrogen) atoms. The van der Waals surface area contributed by atoms with Crippen molar-refractivity contribution in [1.82, 2.24) is 5.32 Å². The maximum atomic E-state index is 11.5. The van der Waals surface area contributed by atoms with E-state index in [9.17, 15) is 4.79 Å². The molecule has 0 saturated heterocycles. The van der Waals surface area contributed by atoms with Gasteiger partial charge in [-0.25, -0.2) is 4.79 Å². The molecule has 0 heterocycles. The molecule has 6 heteroatoms. The first-order chi connectivity index (χ1) is 7.17. The van der Waals surface area contributed by atoms with Gasteiger partial charge in [0, 0.05) is 0 Å². The van der Waals surface area contributed by atoms with E-state index in [-0.39, 0.29) is 11.1 Å². The highest BCUT2D eigenvalue weighted by atomic mass is 35.5. The fourth-order valence-corrected chi connectivity index (χ4v) is 1.30. The van der Waals surface area contributed by atoms with Gasteiger partial charge in [-0.05, 0) is 26.7 Å². The van der Waals surface area contributed by atoms with Crippen molar-refractivity contribution in [3.8, 4) is 0 Å². The summed E-state index contributed by atoms with van der Waals surface area (Å²) in [4.78, 5) is 11.5. The van der Waals surface area contributed by atoms with E-state index in [2.05, 4.69) is 10.5 Å². The Morgan fingerprint density at radius 2 is 1.94 bits per heavy atom. The molecule has 0 aliphatic carbocycles. The van der Waals surface area contributed by atoms with Crippen LogP contribution in [0, 0.1) is 5.92 Å². The van der Waals surface area contributed by atoms with Crippen LogP contribution in [-0.2, 0) is 4.74 Å². The second-order valence-corrected chi connectivity index (χ2v) is 5.18. The summed E-state index contributed by atoms with van der Waals surface area (Å²) in [5.41, 5.74) is -0.575. The van der Waals surface area contributed by atoms with Crippen LogP contribution >= 0.6 is 11.6 Å². The molecule has 0 bridgehead atoms. The first-order valence-corrected chi connectivity index (χ1v) is 5.42. The topological polar surface area (TPSA) is 70.9 Å². The quantitative estimate of drug-likeness (QED) is 0.459. The molecule has 0 saturated carbocycles. The summed E-state index contributed by atoms with van der Waals surface area (Å²) < 4.78 is 5.07. The number of nitrogens with one attached hydrogen (secondary N) is 1. The Kier molecular flexibility index (Phi) is 5.58. The third-order valence-electron chi connectivity index (χ3n) is 1.69. The monoisotopic (exact) mass is 250 g/mol. The zero-order valence-corrected chi connectivity index (χ0v) is 11.0. The normalized spacial score (nSPS) is 14.8. The van der Waals surface area contributed by atoms with E-state index in [0.717, 1.165) is 0 Å². The predicted octanol–water partition coefficient (Wildman–Crippen LogP) is 2.56. The van der Waals surface area contributed by atoms with Crippen molar-refractivity contribution < 1.29 is 14.7 Å². The zero-order valence-electron chi connectivity index (χ0n) is 10.2. The number of carbonyl (C=O) groups excluding carboxylic acids is 1. The molecular formula is C10H19ClN2O3. The molecule has 0 spiro atoms. The number of oxime groups is 1. The summed E-state index contributed by atoms with van der Waals surface area (Å²) in [5, 5.41) is 13.9. The number of rotatable bonds is 3. The third kappa shape index (κ3) is 5.80. The molecule has 5 nitrogen and oxygen atoms in total. The van der Waals surface area contributed by atoms with Gasteiger partial charge < -0.3 is 15.3 Å². The van der Waals surface area contributed by atoms with Gasteiger partial charge >= 0.3 is 6.09 Å². The largest absolute Gasteiger partial charge is 0.444 e. The van der Waals surface area contributed by atoms with Crippen LogP contribution in [-0.4, -0.2) is 28.1 Å². The number of alkyl carbamates (subject to hydrolysis) is 1. The van der Waals surface area contributed by atoms with Gasteiger partial charge in [0.2, 0.25) is 0 Å². The van der Waals surface area contributed by atoms with Crippen molar-refractivity contribution >= 4 is 22.9 Å². The fourth-order valence-electron chi connectivity index (χ4n) is 0.998. The highest BCUT2D eigenvalue weighted by Crippen LogP contribution is 2.10. The molecule has 2 N–H and O–H groups in total. The van der Waals surface area contributed by atoms with Crippen molar-refractivity contribution in [3.05, 3.63) is 0 Å². The highest BCUT2D eigenvalue weighted by molar-refractivity contribution is 6.66. The summed E-state index contributed by atoms with van der Waals surface area (Å²) in [6.45, 7) is 8.97. The number of carbonyl (C=O) groups is 1. The number of hydrogen-bond acceptors (Lipinski definition) is 4. The molecule has 0 fully saturated rings. The molecule has 0 aromatic carbocycles. The predicted molar refractivity (Wildman–Crippen MR) is 63.1 cm³/mol.